The number of fused-ring (bicyclic) bond motifs is 4. The van der Waals surface area contributed by atoms with Gasteiger partial charge in [-0.3, -0.25) is 0 Å². The zero-order valence-corrected chi connectivity index (χ0v) is 14.2. The Hall–Kier alpha value is 0.137. The van der Waals surface area contributed by atoms with Crippen LogP contribution in [0.15, 0.2) is 0 Å². The fourth-order valence-corrected chi connectivity index (χ4v) is 8.47. The second-order valence-electron chi connectivity index (χ2n) is 8.05. The van der Waals surface area contributed by atoms with Crippen LogP contribution in [0.4, 0.5) is 0 Å². The molecule has 2 nitrogen and oxygen atoms in total. The lowest BCUT2D eigenvalue weighted by molar-refractivity contribution is 0.109. The van der Waals surface area contributed by atoms with E-state index in [4.69, 9.17) is 8.85 Å². The molecule has 0 aromatic rings. The van der Waals surface area contributed by atoms with Gasteiger partial charge in [-0.1, -0.05) is 6.42 Å². The third kappa shape index (κ3) is 2.12. The van der Waals surface area contributed by atoms with Crippen LogP contribution < -0.4 is 0 Å². The maximum Gasteiger partial charge on any atom is 0.321 e. The van der Waals surface area contributed by atoms with Gasteiger partial charge in [0.25, 0.3) is 0 Å². The van der Waals surface area contributed by atoms with Crippen LogP contribution in [-0.4, -0.2) is 23.5 Å². The van der Waals surface area contributed by atoms with E-state index >= 15 is 0 Å². The Kier molecular flexibility index (Phi) is 3.72. The first-order chi connectivity index (χ1) is 9.80. The average molecular weight is 295 g/mol. The molecular formula is C17H30O2Si. The van der Waals surface area contributed by atoms with E-state index in [-0.39, 0.29) is 0 Å². The second-order valence-corrected chi connectivity index (χ2v) is 10.3. The van der Waals surface area contributed by atoms with Crippen molar-refractivity contribution in [2.24, 2.45) is 41.4 Å². The van der Waals surface area contributed by atoms with Crippen LogP contribution in [-0.2, 0) is 8.85 Å². The molecular weight excluding hydrogens is 264 g/mol. The summed E-state index contributed by atoms with van der Waals surface area (Å²) in [7, 11) is 2.35. The molecule has 3 heteroatoms. The van der Waals surface area contributed by atoms with E-state index in [1.165, 1.54) is 25.3 Å². The van der Waals surface area contributed by atoms with Crippen molar-refractivity contribution in [2.45, 2.75) is 51.0 Å². The summed E-state index contributed by atoms with van der Waals surface area (Å²) in [6.07, 6.45) is 10.8. The van der Waals surface area contributed by atoms with E-state index in [1.54, 1.807) is 25.7 Å². The highest BCUT2D eigenvalue weighted by atomic mass is 28.3. The summed E-state index contributed by atoms with van der Waals surface area (Å²) in [5, 5.41) is 0. The third-order valence-corrected chi connectivity index (χ3v) is 9.42. The van der Waals surface area contributed by atoms with Crippen LogP contribution in [0.5, 0.6) is 0 Å². The molecule has 0 radical (unpaired) electrons. The first kappa shape index (κ1) is 13.8. The van der Waals surface area contributed by atoms with Crippen LogP contribution in [0.2, 0.25) is 6.04 Å². The highest BCUT2D eigenvalue weighted by Gasteiger charge is 2.55. The maximum absolute atomic E-state index is 5.66. The topological polar surface area (TPSA) is 18.5 Å². The minimum absolute atomic E-state index is 0.953. The Labute approximate surface area is 125 Å². The van der Waals surface area contributed by atoms with Crippen LogP contribution in [0, 0.1) is 41.4 Å². The minimum Gasteiger partial charge on any atom is -0.400 e. The van der Waals surface area contributed by atoms with Crippen molar-refractivity contribution < 1.29 is 8.85 Å². The molecule has 4 rings (SSSR count). The molecule has 0 heterocycles. The van der Waals surface area contributed by atoms with Gasteiger partial charge in [-0.05, 0) is 86.0 Å². The molecule has 4 bridgehead atoms. The molecule has 4 aliphatic rings. The summed E-state index contributed by atoms with van der Waals surface area (Å²) >= 11 is 0. The smallest absolute Gasteiger partial charge is 0.321 e. The molecule has 0 saturated heterocycles. The van der Waals surface area contributed by atoms with E-state index in [0.717, 1.165) is 41.4 Å². The number of rotatable bonds is 5. The summed E-state index contributed by atoms with van der Waals surface area (Å²) in [6, 6.07) is 1.28. The molecule has 0 aromatic carbocycles. The van der Waals surface area contributed by atoms with Crippen molar-refractivity contribution in [3.05, 3.63) is 0 Å². The van der Waals surface area contributed by atoms with Gasteiger partial charge < -0.3 is 8.85 Å². The zero-order valence-electron chi connectivity index (χ0n) is 13.1. The van der Waals surface area contributed by atoms with E-state index in [1.807, 2.05) is 14.2 Å². The minimum atomic E-state index is -1.38. The Morgan fingerprint density at radius 1 is 0.850 bits per heavy atom. The Morgan fingerprint density at radius 2 is 1.60 bits per heavy atom. The van der Waals surface area contributed by atoms with Gasteiger partial charge in [-0.25, -0.2) is 0 Å². The molecule has 4 aliphatic carbocycles. The lowest BCUT2D eigenvalue weighted by atomic mass is 9.68. The molecule has 20 heavy (non-hydrogen) atoms. The SMILES string of the molecule is CO[SiH](CC1C2CCC(C2)C1C1CC2CCC1C2)OC. The highest BCUT2D eigenvalue weighted by Crippen LogP contribution is 2.62. The third-order valence-electron chi connectivity index (χ3n) is 7.44. The van der Waals surface area contributed by atoms with Crippen molar-refractivity contribution in [3.8, 4) is 0 Å². The van der Waals surface area contributed by atoms with Gasteiger partial charge in [0.2, 0.25) is 0 Å². The summed E-state index contributed by atoms with van der Waals surface area (Å²) < 4.78 is 11.3. The number of hydrogen-bond acceptors (Lipinski definition) is 2. The molecule has 0 spiro atoms. The largest absolute Gasteiger partial charge is 0.400 e. The zero-order chi connectivity index (χ0) is 13.7. The molecule has 0 N–H and O–H groups in total. The standard InChI is InChI=1S/C17H30O2Si/c1-18-20(19-2)10-16-13-5-6-14(9-13)17(16)15-8-11-3-4-12(15)7-11/h11-17,20H,3-10H2,1-2H3. The van der Waals surface area contributed by atoms with E-state index in [0.29, 0.717) is 0 Å². The Morgan fingerprint density at radius 3 is 2.25 bits per heavy atom. The lowest BCUT2D eigenvalue weighted by Crippen LogP contribution is -2.35. The molecule has 0 amide bonds. The Bertz CT molecular complexity index is 357. The predicted octanol–water partition coefficient (Wildman–Crippen LogP) is 3.60. The monoisotopic (exact) mass is 294 g/mol. The van der Waals surface area contributed by atoms with Crippen molar-refractivity contribution in [1.82, 2.24) is 0 Å². The normalized spacial score (nSPS) is 49.6. The van der Waals surface area contributed by atoms with E-state index in [2.05, 4.69) is 0 Å². The van der Waals surface area contributed by atoms with Crippen LogP contribution in [0.3, 0.4) is 0 Å². The van der Waals surface area contributed by atoms with Gasteiger partial charge in [0, 0.05) is 14.2 Å². The molecule has 0 aliphatic heterocycles. The lowest BCUT2D eigenvalue weighted by Gasteiger charge is -2.39. The van der Waals surface area contributed by atoms with E-state index in [9.17, 15) is 0 Å². The molecule has 4 saturated carbocycles. The predicted molar refractivity (Wildman–Crippen MR) is 82.7 cm³/mol. The first-order valence-corrected chi connectivity index (χ1v) is 10.6. The number of hydrogen-bond donors (Lipinski definition) is 0. The van der Waals surface area contributed by atoms with Crippen LogP contribution >= 0.6 is 0 Å². The van der Waals surface area contributed by atoms with Crippen LogP contribution in [0.1, 0.15) is 44.9 Å². The van der Waals surface area contributed by atoms with Gasteiger partial charge in [0.05, 0.1) is 0 Å². The van der Waals surface area contributed by atoms with Gasteiger partial charge in [0.1, 0.15) is 0 Å². The molecule has 7 atom stereocenters. The quantitative estimate of drug-likeness (QED) is 0.721. The van der Waals surface area contributed by atoms with Crippen molar-refractivity contribution in [3.63, 3.8) is 0 Å². The van der Waals surface area contributed by atoms with Crippen molar-refractivity contribution in [2.75, 3.05) is 14.2 Å². The average Bonchev–Trinajstić information content (AvgIpc) is 3.22. The highest BCUT2D eigenvalue weighted by molar-refractivity contribution is 6.44. The molecule has 0 aromatic heterocycles. The first-order valence-electron chi connectivity index (χ1n) is 8.85. The molecule has 4 fully saturated rings. The fraction of sp³-hybridized carbons (Fsp3) is 1.00. The summed E-state index contributed by atoms with van der Waals surface area (Å²) in [6.45, 7) is 0. The van der Waals surface area contributed by atoms with E-state index < -0.39 is 9.28 Å². The Balaban J connectivity index is 1.50. The summed E-state index contributed by atoms with van der Waals surface area (Å²) in [4.78, 5) is 0. The fourth-order valence-electron chi connectivity index (χ4n) is 6.75. The van der Waals surface area contributed by atoms with Gasteiger partial charge in [-0.15, -0.1) is 0 Å². The molecule has 114 valence electrons. The van der Waals surface area contributed by atoms with Gasteiger partial charge in [0.15, 0.2) is 0 Å². The van der Waals surface area contributed by atoms with Gasteiger partial charge in [-0.2, -0.15) is 0 Å². The van der Waals surface area contributed by atoms with Crippen molar-refractivity contribution >= 4 is 9.28 Å². The maximum atomic E-state index is 5.66. The van der Waals surface area contributed by atoms with Gasteiger partial charge >= 0.3 is 9.28 Å². The van der Waals surface area contributed by atoms with Crippen LogP contribution in [0.25, 0.3) is 0 Å². The second kappa shape index (κ2) is 5.40. The summed E-state index contributed by atoms with van der Waals surface area (Å²) in [5.74, 6) is 7.36. The summed E-state index contributed by atoms with van der Waals surface area (Å²) in [5.41, 5.74) is 0. The molecule has 7 unspecified atom stereocenters. The van der Waals surface area contributed by atoms with Crippen molar-refractivity contribution in [1.29, 1.82) is 0 Å².